The summed E-state index contributed by atoms with van der Waals surface area (Å²) in [5.74, 6) is 1.87. The second kappa shape index (κ2) is 5.36. The summed E-state index contributed by atoms with van der Waals surface area (Å²) in [5, 5.41) is 0. The highest BCUT2D eigenvalue weighted by Gasteiger charge is 2.17. The number of hydrogen-bond acceptors (Lipinski definition) is 1. The number of aryl methyl sites for hydroxylation is 2. The molecule has 1 aliphatic rings. The van der Waals surface area contributed by atoms with Crippen LogP contribution in [0.2, 0.25) is 0 Å². The molecule has 1 aliphatic carbocycles. The van der Waals surface area contributed by atoms with E-state index in [-0.39, 0.29) is 0 Å². The van der Waals surface area contributed by atoms with Crippen molar-refractivity contribution in [1.29, 1.82) is 0 Å². The summed E-state index contributed by atoms with van der Waals surface area (Å²) in [5.41, 5.74) is 5.03. The van der Waals surface area contributed by atoms with Crippen molar-refractivity contribution in [2.45, 2.75) is 64.7 Å². The topological polar surface area (TPSA) is 28.7 Å². The predicted octanol–water partition coefficient (Wildman–Crippen LogP) is 5.01. The van der Waals surface area contributed by atoms with Gasteiger partial charge in [0.2, 0.25) is 0 Å². The fourth-order valence-electron chi connectivity index (χ4n) is 3.21. The highest BCUT2D eigenvalue weighted by molar-refractivity contribution is 5.77. The monoisotopic (exact) mass is 256 g/mol. The number of imidazole rings is 1. The van der Waals surface area contributed by atoms with Crippen LogP contribution in [0.3, 0.4) is 0 Å². The first kappa shape index (κ1) is 12.7. The summed E-state index contributed by atoms with van der Waals surface area (Å²) in [4.78, 5) is 8.43. The average Bonchev–Trinajstić information content (AvgIpc) is 2.72. The molecule has 19 heavy (non-hydrogen) atoms. The van der Waals surface area contributed by atoms with Crippen LogP contribution < -0.4 is 0 Å². The van der Waals surface area contributed by atoms with E-state index < -0.39 is 0 Å². The van der Waals surface area contributed by atoms with Gasteiger partial charge in [0, 0.05) is 5.92 Å². The van der Waals surface area contributed by atoms with Crippen molar-refractivity contribution in [3.05, 3.63) is 29.1 Å². The molecule has 0 radical (unpaired) electrons. The molecule has 0 unspecified atom stereocenters. The number of nitrogens with zero attached hydrogens (tertiary/aromatic N) is 1. The fourth-order valence-corrected chi connectivity index (χ4v) is 3.21. The number of benzene rings is 1. The van der Waals surface area contributed by atoms with Gasteiger partial charge in [0.15, 0.2) is 0 Å². The van der Waals surface area contributed by atoms with Crippen molar-refractivity contribution in [3.8, 4) is 0 Å². The van der Waals surface area contributed by atoms with Gasteiger partial charge in [-0.1, -0.05) is 32.1 Å². The van der Waals surface area contributed by atoms with Gasteiger partial charge in [0.25, 0.3) is 0 Å². The zero-order chi connectivity index (χ0) is 13.2. The Morgan fingerprint density at radius 1 is 0.947 bits per heavy atom. The minimum absolute atomic E-state index is 0.647. The van der Waals surface area contributed by atoms with E-state index >= 15 is 0 Å². The van der Waals surface area contributed by atoms with Gasteiger partial charge in [-0.3, -0.25) is 0 Å². The summed E-state index contributed by atoms with van der Waals surface area (Å²) >= 11 is 0. The second-order valence-corrected chi connectivity index (χ2v) is 6.12. The van der Waals surface area contributed by atoms with E-state index in [2.05, 4.69) is 31.0 Å². The molecule has 0 aliphatic heterocycles. The maximum Gasteiger partial charge on any atom is 0.110 e. The quantitative estimate of drug-likeness (QED) is 0.763. The Kier molecular flexibility index (Phi) is 3.58. The lowest BCUT2D eigenvalue weighted by molar-refractivity contribution is 0.445. The van der Waals surface area contributed by atoms with Crippen molar-refractivity contribution in [1.82, 2.24) is 9.97 Å². The number of aromatic nitrogens is 2. The van der Waals surface area contributed by atoms with E-state index in [1.807, 2.05) is 0 Å². The Hall–Kier alpha value is -1.31. The molecule has 0 bridgehead atoms. The average molecular weight is 256 g/mol. The smallest absolute Gasteiger partial charge is 0.110 e. The molecular formula is C17H24N2. The third-order valence-electron chi connectivity index (χ3n) is 4.61. The summed E-state index contributed by atoms with van der Waals surface area (Å²) in [7, 11) is 0. The van der Waals surface area contributed by atoms with E-state index in [9.17, 15) is 0 Å². The Balaban J connectivity index is 1.91. The lowest BCUT2D eigenvalue weighted by Gasteiger charge is -2.17. The molecule has 2 nitrogen and oxygen atoms in total. The van der Waals surface area contributed by atoms with E-state index in [0.29, 0.717) is 5.92 Å². The van der Waals surface area contributed by atoms with Crippen LogP contribution in [0, 0.1) is 13.8 Å². The lowest BCUT2D eigenvalue weighted by Crippen LogP contribution is -2.04. The fraction of sp³-hybridized carbons (Fsp3) is 0.588. The lowest BCUT2D eigenvalue weighted by atomic mass is 9.91. The highest BCUT2D eigenvalue weighted by atomic mass is 14.9. The Morgan fingerprint density at radius 2 is 1.58 bits per heavy atom. The van der Waals surface area contributed by atoms with Crippen molar-refractivity contribution in [3.63, 3.8) is 0 Å². The first-order valence-electron chi connectivity index (χ1n) is 7.71. The molecule has 1 heterocycles. The Labute approximate surface area is 115 Å². The number of nitrogens with one attached hydrogen (secondary N) is 1. The molecule has 1 N–H and O–H groups in total. The number of aromatic amines is 1. The van der Waals surface area contributed by atoms with E-state index in [4.69, 9.17) is 4.98 Å². The molecule has 1 fully saturated rings. The third kappa shape index (κ3) is 2.68. The largest absolute Gasteiger partial charge is 0.342 e. The maximum absolute atomic E-state index is 4.86. The van der Waals surface area contributed by atoms with Crippen LogP contribution in [0.5, 0.6) is 0 Å². The summed E-state index contributed by atoms with van der Waals surface area (Å²) in [6, 6.07) is 4.46. The molecule has 3 rings (SSSR count). The standard InChI is InChI=1S/C17H24N2/c1-12-10-15-16(11-13(12)2)19-17(18-15)14-8-6-4-3-5-7-9-14/h10-11,14H,3-9H2,1-2H3,(H,18,19). The van der Waals surface area contributed by atoms with Gasteiger partial charge < -0.3 is 4.98 Å². The van der Waals surface area contributed by atoms with E-state index in [1.165, 1.54) is 67.4 Å². The van der Waals surface area contributed by atoms with Crippen molar-refractivity contribution >= 4 is 11.0 Å². The molecule has 2 heteroatoms. The molecule has 0 saturated heterocycles. The van der Waals surface area contributed by atoms with Gasteiger partial charge in [-0.15, -0.1) is 0 Å². The SMILES string of the molecule is Cc1cc2nc(C3CCCCCCC3)[nH]c2cc1C. The Bertz CT molecular complexity index is 521. The van der Waals surface area contributed by atoms with Crippen LogP contribution in [-0.2, 0) is 0 Å². The molecule has 1 aromatic heterocycles. The van der Waals surface area contributed by atoms with Crippen LogP contribution in [0.4, 0.5) is 0 Å². The second-order valence-electron chi connectivity index (χ2n) is 6.12. The summed E-state index contributed by atoms with van der Waals surface area (Å²) < 4.78 is 0. The van der Waals surface area contributed by atoms with Gasteiger partial charge in [0.1, 0.15) is 5.82 Å². The number of rotatable bonds is 1. The van der Waals surface area contributed by atoms with Crippen molar-refractivity contribution in [2.75, 3.05) is 0 Å². The minimum Gasteiger partial charge on any atom is -0.342 e. The minimum atomic E-state index is 0.647. The highest BCUT2D eigenvalue weighted by Crippen LogP contribution is 2.30. The van der Waals surface area contributed by atoms with E-state index in [1.54, 1.807) is 0 Å². The molecule has 0 atom stereocenters. The molecule has 0 amide bonds. The van der Waals surface area contributed by atoms with E-state index in [0.717, 1.165) is 5.52 Å². The number of fused-ring (bicyclic) bond motifs is 1. The predicted molar refractivity (Wildman–Crippen MR) is 80.6 cm³/mol. The molecule has 1 saturated carbocycles. The van der Waals surface area contributed by atoms with Crippen LogP contribution in [0.15, 0.2) is 12.1 Å². The Morgan fingerprint density at radius 3 is 2.32 bits per heavy atom. The van der Waals surface area contributed by atoms with Gasteiger partial charge in [-0.25, -0.2) is 4.98 Å². The first-order valence-corrected chi connectivity index (χ1v) is 7.71. The van der Waals surface area contributed by atoms with Gasteiger partial charge >= 0.3 is 0 Å². The molecule has 2 aromatic rings. The zero-order valence-electron chi connectivity index (χ0n) is 12.1. The molecule has 0 spiro atoms. The van der Waals surface area contributed by atoms with Crippen LogP contribution in [-0.4, -0.2) is 9.97 Å². The van der Waals surface area contributed by atoms with Crippen molar-refractivity contribution < 1.29 is 0 Å². The summed E-state index contributed by atoms with van der Waals surface area (Å²) in [6.45, 7) is 4.34. The molecule has 102 valence electrons. The normalized spacial score (nSPS) is 18.4. The summed E-state index contributed by atoms with van der Waals surface area (Å²) in [6.07, 6.45) is 9.55. The van der Waals surface area contributed by atoms with Crippen molar-refractivity contribution in [2.24, 2.45) is 0 Å². The first-order chi connectivity index (χ1) is 9.24. The maximum atomic E-state index is 4.86. The van der Waals surface area contributed by atoms with Crippen LogP contribution >= 0.6 is 0 Å². The number of H-pyrrole nitrogens is 1. The van der Waals surface area contributed by atoms with Gasteiger partial charge in [-0.2, -0.15) is 0 Å². The van der Waals surface area contributed by atoms with Crippen LogP contribution in [0.1, 0.15) is 67.8 Å². The van der Waals surface area contributed by atoms with Gasteiger partial charge in [-0.05, 0) is 49.9 Å². The molecule has 1 aromatic carbocycles. The number of hydrogen-bond donors (Lipinski definition) is 1. The third-order valence-corrected chi connectivity index (χ3v) is 4.61. The zero-order valence-corrected chi connectivity index (χ0v) is 12.1. The van der Waals surface area contributed by atoms with Gasteiger partial charge in [0.05, 0.1) is 11.0 Å². The molecular weight excluding hydrogens is 232 g/mol. The van der Waals surface area contributed by atoms with Crippen LogP contribution in [0.25, 0.3) is 11.0 Å².